The Morgan fingerprint density at radius 2 is 1.87 bits per heavy atom. The molecule has 1 aliphatic heterocycles. The molecule has 2 fully saturated rings. The van der Waals surface area contributed by atoms with E-state index in [0.29, 0.717) is 18.3 Å². The molecule has 1 saturated carbocycles. The summed E-state index contributed by atoms with van der Waals surface area (Å²) in [6, 6.07) is 0. The van der Waals surface area contributed by atoms with E-state index >= 15 is 0 Å². The summed E-state index contributed by atoms with van der Waals surface area (Å²) in [6.45, 7) is 1.69. The molecule has 0 radical (unpaired) electrons. The standard InChI is InChI=1S/C19H27NO3/c21-18(20-12-15-8-4-5-9-16(15)13-20)11-17(19(22)23)10-14-6-2-1-3-7-14/h2,6-7,15-17H,1,3-5,8-13H2,(H,22,23)/t15-,16+,17-/m0/s1. The fraction of sp³-hybridized carbons (Fsp3) is 0.684. The van der Waals surface area contributed by atoms with Crippen molar-refractivity contribution in [2.24, 2.45) is 17.8 Å². The summed E-state index contributed by atoms with van der Waals surface area (Å²) >= 11 is 0. The first-order chi connectivity index (χ1) is 11.1. The molecule has 1 saturated heterocycles. The average Bonchev–Trinajstić information content (AvgIpc) is 2.99. The quantitative estimate of drug-likeness (QED) is 0.845. The Morgan fingerprint density at radius 3 is 2.43 bits per heavy atom. The molecule has 0 aromatic rings. The molecule has 3 rings (SSSR count). The van der Waals surface area contributed by atoms with E-state index in [-0.39, 0.29) is 12.3 Å². The van der Waals surface area contributed by atoms with Crippen molar-refractivity contribution in [3.63, 3.8) is 0 Å². The number of carboxylic acid groups (broad SMARTS) is 1. The molecule has 1 heterocycles. The third kappa shape index (κ3) is 4.04. The van der Waals surface area contributed by atoms with Crippen LogP contribution in [-0.2, 0) is 9.59 Å². The summed E-state index contributed by atoms with van der Waals surface area (Å²) in [5.74, 6) is -0.110. The minimum absolute atomic E-state index is 0.0344. The van der Waals surface area contributed by atoms with E-state index in [1.54, 1.807) is 0 Å². The summed E-state index contributed by atoms with van der Waals surface area (Å²) in [5, 5.41) is 9.48. The minimum atomic E-state index is -0.852. The number of hydrogen-bond acceptors (Lipinski definition) is 2. The number of carbonyl (C=O) groups is 2. The Labute approximate surface area is 138 Å². The van der Waals surface area contributed by atoms with Crippen molar-refractivity contribution in [1.29, 1.82) is 0 Å². The van der Waals surface area contributed by atoms with Gasteiger partial charge in [-0.1, -0.05) is 36.6 Å². The van der Waals surface area contributed by atoms with Crippen LogP contribution in [0.25, 0.3) is 0 Å². The van der Waals surface area contributed by atoms with Crippen LogP contribution in [0.5, 0.6) is 0 Å². The van der Waals surface area contributed by atoms with Crippen LogP contribution < -0.4 is 0 Å². The van der Waals surface area contributed by atoms with Gasteiger partial charge in [-0.25, -0.2) is 0 Å². The van der Waals surface area contributed by atoms with Crippen LogP contribution in [-0.4, -0.2) is 35.0 Å². The van der Waals surface area contributed by atoms with Crippen LogP contribution in [0.3, 0.4) is 0 Å². The van der Waals surface area contributed by atoms with Crippen molar-refractivity contribution in [2.75, 3.05) is 13.1 Å². The molecule has 3 atom stereocenters. The normalized spacial score (nSPS) is 28.2. The topological polar surface area (TPSA) is 57.6 Å². The molecular weight excluding hydrogens is 290 g/mol. The molecule has 4 nitrogen and oxygen atoms in total. The van der Waals surface area contributed by atoms with Crippen molar-refractivity contribution in [3.05, 3.63) is 23.8 Å². The third-order valence-electron chi connectivity index (χ3n) is 5.65. The molecule has 0 bridgehead atoms. The number of carbonyl (C=O) groups excluding carboxylic acids is 1. The SMILES string of the molecule is O=C(O)[C@H](CC(=O)N1C[C@H]2CCCC[C@H]2C1)CC1=CCCC=C1. The second kappa shape index (κ2) is 7.33. The zero-order chi connectivity index (χ0) is 16.2. The fourth-order valence-electron chi connectivity index (χ4n) is 4.30. The lowest BCUT2D eigenvalue weighted by molar-refractivity contribution is -0.145. The molecule has 0 unspecified atom stereocenters. The number of carboxylic acids is 1. The Bertz CT molecular complexity index is 509. The maximum atomic E-state index is 12.6. The highest BCUT2D eigenvalue weighted by Gasteiger charge is 2.37. The van der Waals surface area contributed by atoms with Gasteiger partial charge in [0.25, 0.3) is 0 Å². The zero-order valence-electron chi connectivity index (χ0n) is 13.7. The number of amides is 1. The van der Waals surface area contributed by atoms with Crippen LogP contribution >= 0.6 is 0 Å². The van der Waals surface area contributed by atoms with Gasteiger partial charge in [0, 0.05) is 19.5 Å². The van der Waals surface area contributed by atoms with Crippen molar-refractivity contribution < 1.29 is 14.7 Å². The number of nitrogens with zero attached hydrogens (tertiary/aromatic N) is 1. The van der Waals surface area contributed by atoms with Gasteiger partial charge in [-0.3, -0.25) is 9.59 Å². The molecule has 0 aromatic heterocycles. The molecule has 1 N–H and O–H groups in total. The highest BCUT2D eigenvalue weighted by Crippen LogP contribution is 2.36. The Morgan fingerprint density at radius 1 is 1.17 bits per heavy atom. The number of fused-ring (bicyclic) bond motifs is 1. The predicted octanol–water partition coefficient (Wildman–Crippen LogP) is 3.39. The molecule has 1 amide bonds. The average molecular weight is 317 g/mol. The minimum Gasteiger partial charge on any atom is -0.481 e. The molecule has 4 heteroatoms. The second-order valence-corrected chi connectivity index (χ2v) is 7.31. The van der Waals surface area contributed by atoms with E-state index < -0.39 is 11.9 Å². The van der Waals surface area contributed by atoms with E-state index in [1.165, 1.54) is 25.7 Å². The first-order valence-corrected chi connectivity index (χ1v) is 8.99. The zero-order valence-corrected chi connectivity index (χ0v) is 13.7. The molecule has 3 aliphatic rings. The molecule has 23 heavy (non-hydrogen) atoms. The second-order valence-electron chi connectivity index (χ2n) is 7.31. The predicted molar refractivity (Wildman–Crippen MR) is 88.8 cm³/mol. The Hall–Kier alpha value is -1.58. The lowest BCUT2D eigenvalue weighted by Gasteiger charge is -2.22. The lowest BCUT2D eigenvalue weighted by Crippen LogP contribution is -2.32. The summed E-state index contributed by atoms with van der Waals surface area (Å²) < 4.78 is 0. The van der Waals surface area contributed by atoms with Gasteiger partial charge in [-0.15, -0.1) is 0 Å². The van der Waals surface area contributed by atoms with E-state index in [9.17, 15) is 14.7 Å². The van der Waals surface area contributed by atoms with Crippen LogP contribution in [0.4, 0.5) is 0 Å². The summed E-state index contributed by atoms with van der Waals surface area (Å²) in [7, 11) is 0. The highest BCUT2D eigenvalue weighted by atomic mass is 16.4. The maximum absolute atomic E-state index is 12.6. The van der Waals surface area contributed by atoms with E-state index in [1.807, 2.05) is 11.0 Å². The van der Waals surface area contributed by atoms with Gasteiger partial charge in [0.05, 0.1) is 5.92 Å². The number of allylic oxidation sites excluding steroid dienone is 4. The van der Waals surface area contributed by atoms with E-state index in [2.05, 4.69) is 12.2 Å². The van der Waals surface area contributed by atoms with Crippen molar-refractivity contribution in [3.8, 4) is 0 Å². The van der Waals surface area contributed by atoms with Crippen LogP contribution in [0.2, 0.25) is 0 Å². The highest BCUT2D eigenvalue weighted by molar-refractivity contribution is 5.82. The molecular formula is C19H27NO3. The number of aliphatic carboxylic acids is 1. The summed E-state index contributed by atoms with van der Waals surface area (Å²) in [5.41, 5.74) is 1.06. The summed E-state index contributed by atoms with van der Waals surface area (Å²) in [4.78, 5) is 26.1. The molecule has 2 aliphatic carbocycles. The Kier molecular flexibility index (Phi) is 5.19. The van der Waals surface area contributed by atoms with Crippen molar-refractivity contribution >= 4 is 11.9 Å². The third-order valence-corrected chi connectivity index (χ3v) is 5.65. The summed E-state index contributed by atoms with van der Waals surface area (Å²) in [6.07, 6.45) is 13.8. The van der Waals surface area contributed by atoms with Gasteiger partial charge < -0.3 is 10.0 Å². The van der Waals surface area contributed by atoms with Gasteiger partial charge in [0.1, 0.15) is 0 Å². The molecule has 126 valence electrons. The van der Waals surface area contributed by atoms with Crippen LogP contribution in [0.1, 0.15) is 51.4 Å². The van der Waals surface area contributed by atoms with Crippen LogP contribution in [0.15, 0.2) is 23.8 Å². The van der Waals surface area contributed by atoms with E-state index in [4.69, 9.17) is 0 Å². The maximum Gasteiger partial charge on any atom is 0.307 e. The monoisotopic (exact) mass is 317 g/mol. The van der Waals surface area contributed by atoms with Gasteiger partial charge in [-0.05, 0) is 43.9 Å². The largest absolute Gasteiger partial charge is 0.481 e. The smallest absolute Gasteiger partial charge is 0.307 e. The fourth-order valence-corrected chi connectivity index (χ4v) is 4.30. The van der Waals surface area contributed by atoms with E-state index in [0.717, 1.165) is 31.5 Å². The van der Waals surface area contributed by atoms with Crippen molar-refractivity contribution in [1.82, 2.24) is 4.90 Å². The van der Waals surface area contributed by atoms with Gasteiger partial charge in [0.15, 0.2) is 0 Å². The molecule has 0 aromatic carbocycles. The molecule has 0 spiro atoms. The Balaban J connectivity index is 1.57. The van der Waals surface area contributed by atoms with Gasteiger partial charge in [-0.2, -0.15) is 0 Å². The number of rotatable bonds is 5. The number of likely N-dealkylation sites (tertiary alicyclic amines) is 1. The van der Waals surface area contributed by atoms with Gasteiger partial charge in [0.2, 0.25) is 5.91 Å². The van der Waals surface area contributed by atoms with Gasteiger partial charge >= 0.3 is 5.97 Å². The van der Waals surface area contributed by atoms with Crippen molar-refractivity contribution in [2.45, 2.75) is 51.4 Å². The number of hydrogen-bond donors (Lipinski definition) is 1. The first-order valence-electron chi connectivity index (χ1n) is 8.99. The lowest BCUT2D eigenvalue weighted by atomic mass is 9.82. The first kappa shape index (κ1) is 16.3. The van der Waals surface area contributed by atoms with Crippen LogP contribution in [0, 0.1) is 17.8 Å².